The molecule has 1 aromatic carbocycles. The van der Waals surface area contributed by atoms with E-state index in [1.54, 1.807) is 16.7 Å². The van der Waals surface area contributed by atoms with E-state index in [-0.39, 0.29) is 17.7 Å². The molecule has 0 unspecified atom stereocenters. The molecule has 0 aliphatic heterocycles. The Balaban J connectivity index is 2.01. The summed E-state index contributed by atoms with van der Waals surface area (Å²) in [6.07, 6.45) is 5.45. The lowest BCUT2D eigenvalue weighted by molar-refractivity contribution is 0.0649. The Kier molecular flexibility index (Phi) is 3.30. The number of rotatable bonds is 3. The molecule has 1 fully saturated rings. The van der Waals surface area contributed by atoms with Gasteiger partial charge in [0.1, 0.15) is 0 Å². The van der Waals surface area contributed by atoms with Crippen molar-refractivity contribution < 1.29 is 5.11 Å². The predicted molar refractivity (Wildman–Crippen MR) is 79.6 cm³/mol. The number of aliphatic hydroxyl groups is 1. The SMILES string of the molecule is Nc1ccc2c(c1)[nH]c(=O)n2CC1(CO)CCCCC1. The molecule has 0 bridgehead atoms. The maximum atomic E-state index is 12.2. The molecule has 1 aromatic heterocycles. The molecule has 5 nitrogen and oxygen atoms in total. The number of nitrogens with one attached hydrogen (secondary N) is 1. The lowest BCUT2D eigenvalue weighted by atomic mass is 9.74. The average Bonchev–Trinajstić information content (AvgIpc) is 2.75. The van der Waals surface area contributed by atoms with Gasteiger partial charge in [-0.05, 0) is 31.0 Å². The van der Waals surface area contributed by atoms with E-state index in [2.05, 4.69) is 4.98 Å². The molecule has 108 valence electrons. The van der Waals surface area contributed by atoms with Crippen molar-refractivity contribution in [3.05, 3.63) is 28.7 Å². The van der Waals surface area contributed by atoms with Crippen LogP contribution in [0.25, 0.3) is 11.0 Å². The number of benzene rings is 1. The number of aromatic nitrogens is 2. The third-order valence-electron chi connectivity index (χ3n) is 4.54. The fraction of sp³-hybridized carbons (Fsp3) is 0.533. The highest BCUT2D eigenvalue weighted by atomic mass is 16.3. The van der Waals surface area contributed by atoms with E-state index in [0.29, 0.717) is 12.2 Å². The molecule has 2 aromatic rings. The van der Waals surface area contributed by atoms with Gasteiger partial charge in [-0.2, -0.15) is 0 Å². The second kappa shape index (κ2) is 4.98. The zero-order valence-electron chi connectivity index (χ0n) is 11.6. The number of nitrogens with two attached hydrogens (primary N) is 1. The molecule has 3 rings (SSSR count). The van der Waals surface area contributed by atoms with Crippen LogP contribution in [-0.2, 0) is 6.54 Å². The number of aliphatic hydroxyl groups excluding tert-OH is 1. The first-order valence-corrected chi connectivity index (χ1v) is 7.22. The molecule has 5 heteroatoms. The molecule has 20 heavy (non-hydrogen) atoms. The topological polar surface area (TPSA) is 84.0 Å². The lowest BCUT2D eigenvalue weighted by Gasteiger charge is -2.35. The van der Waals surface area contributed by atoms with E-state index >= 15 is 0 Å². The van der Waals surface area contributed by atoms with Crippen LogP contribution in [0.2, 0.25) is 0 Å². The highest BCUT2D eigenvalue weighted by Crippen LogP contribution is 2.37. The van der Waals surface area contributed by atoms with Gasteiger partial charge in [-0.1, -0.05) is 19.3 Å². The maximum Gasteiger partial charge on any atom is 0.326 e. The summed E-state index contributed by atoms with van der Waals surface area (Å²) in [5.41, 5.74) is 7.74. The molecule has 1 heterocycles. The first-order chi connectivity index (χ1) is 9.63. The van der Waals surface area contributed by atoms with E-state index in [9.17, 15) is 9.90 Å². The molecule has 0 radical (unpaired) electrons. The quantitative estimate of drug-likeness (QED) is 0.747. The third-order valence-corrected chi connectivity index (χ3v) is 4.54. The predicted octanol–water partition coefficient (Wildman–Crippen LogP) is 1.85. The summed E-state index contributed by atoms with van der Waals surface area (Å²) >= 11 is 0. The molecule has 1 aliphatic rings. The van der Waals surface area contributed by atoms with Gasteiger partial charge < -0.3 is 15.8 Å². The number of fused-ring (bicyclic) bond motifs is 1. The van der Waals surface area contributed by atoms with Gasteiger partial charge in [0.15, 0.2) is 0 Å². The zero-order valence-corrected chi connectivity index (χ0v) is 11.6. The summed E-state index contributed by atoms with van der Waals surface area (Å²) in [6.45, 7) is 0.716. The standard InChI is InChI=1S/C15H21N3O2/c16-11-4-5-13-12(8-11)17-14(20)18(13)9-15(10-19)6-2-1-3-7-15/h4-5,8,19H,1-3,6-7,9-10,16H2,(H,17,20). The van der Waals surface area contributed by atoms with Gasteiger partial charge in [0.05, 0.1) is 17.6 Å². The molecule has 1 aliphatic carbocycles. The fourth-order valence-electron chi connectivity index (χ4n) is 3.34. The molecule has 0 saturated heterocycles. The summed E-state index contributed by atoms with van der Waals surface area (Å²) in [5.74, 6) is 0. The van der Waals surface area contributed by atoms with Crippen LogP contribution in [0.1, 0.15) is 32.1 Å². The Morgan fingerprint density at radius 2 is 2.05 bits per heavy atom. The van der Waals surface area contributed by atoms with Crippen LogP contribution in [0.15, 0.2) is 23.0 Å². The van der Waals surface area contributed by atoms with Gasteiger partial charge in [0.25, 0.3) is 0 Å². The summed E-state index contributed by atoms with van der Waals surface area (Å²) in [4.78, 5) is 15.0. The highest BCUT2D eigenvalue weighted by molar-refractivity contribution is 5.78. The first kappa shape index (κ1) is 13.2. The number of H-pyrrole nitrogens is 1. The largest absolute Gasteiger partial charge is 0.399 e. The molecular weight excluding hydrogens is 254 g/mol. The van der Waals surface area contributed by atoms with Crippen molar-refractivity contribution in [2.45, 2.75) is 38.6 Å². The van der Waals surface area contributed by atoms with Crippen molar-refractivity contribution in [3.8, 4) is 0 Å². The lowest BCUT2D eigenvalue weighted by Crippen LogP contribution is -2.36. The van der Waals surface area contributed by atoms with E-state index in [1.165, 1.54) is 6.42 Å². The van der Waals surface area contributed by atoms with Crippen molar-refractivity contribution in [1.82, 2.24) is 9.55 Å². The van der Waals surface area contributed by atoms with Gasteiger partial charge in [-0.15, -0.1) is 0 Å². The van der Waals surface area contributed by atoms with Gasteiger partial charge >= 0.3 is 5.69 Å². The van der Waals surface area contributed by atoms with Gasteiger partial charge in [0.2, 0.25) is 0 Å². The van der Waals surface area contributed by atoms with Crippen molar-refractivity contribution >= 4 is 16.7 Å². The van der Waals surface area contributed by atoms with E-state index in [0.717, 1.165) is 36.7 Å². The Morgan fingerprint density at radius 3 is 2.75 bits per heavy atom. The third kappa shape index (κ3) is 2.22. The maximum absolute atomic E-state index is 12.2. The van der Waals surface area contributed by atoms with Crippen molar-refractivity contribution in [1.29, 1.82) is 0 Å². The molecule has 0 amide bonds. The molecule has 1 saturated carbocycles. The van der Waals surface area contributed by atoms with E-state index in [4.69, 9.17) is 5.73 Å². The minimum Gasteiger partial charge on any atom is -0.399 e. The van der Waals surface area contributed by atoms with Crippen LogP contribution >= 0.6 is 0 Å². The van der Waals surface area contributed by atoms with Crippen LogP contribution in [0, 0.1) is 5.41 Å². The van der Waals surface area contributed by atoms with Gasteiger partial charge in [-0.3, -0.25) is 4.57 Å². The minimum absolute atomic E-state index is 0.121. The van der Waals surface area contributed by atoms with Gasteiger partial charge in [0, 0.05) is 17.6 Å². The molecular formula is C15H21N3O2. The number of hydrogen-bond donors (Lipinski definition) is 3. The summed E-state index contributed by atoms with van der Waals surface area (Å²) in [5, 5.41) is 9.80. The smallest absolute Gasteiger partial charge is 0.326 e. The Morgan fingerprint density at radius 1 is 1.30 bits per heavy atom. The van der Waals surface area contributed by atoms with Crippen molar-refractivity contribution in [2.75, 3.05) is 12.3 Å². The fourth-order valence-corrected chi connectivity index (χ4v) is 3.34. The normalized spacial score (nSPS) is 18.4. The summed E-state index contributed by atoms with van der Waals surface area (Å²) < 4.78 is 1.75. The molecule has 0 spiro atoms. The average molecular weight is 275 g/mol. The van der Waals surface area contributed by atoms with Crippen LogP contribution in [0.5, 0.6) is 0 Å². The monoisotopic (exact) mass is 275 g/mol. The summed E-state index contributed by atoms with van der Waals surface area (Å²) in [6, 6.07) is 5.45. The molecule has 4 N–H and O–H groups in total. The highest BCUT2D eigenvalue weighted by Gasteiger charge is 2.32. The van der Waals surface area contributed by atoms with E-state index < -0.39 is 0 Å². The molecule has 0 atom stereocenters. The van der Waals surface area contributed by atoms with Crippen LogP contribution in [0.4, 0.5) is 5.69 Å². The van der Waals surface area contributed by atoms with Gasteiger partial charge in [-0.25, -0.2) is 4.79 Å². The van der Waals surface area contributed by atoms with Crippen molar-refractivity contribution in [3.63, 3.8) is 0 Å². The second-order valence-electron chi connectivity index (χ2n) is 6.01. The first-order valence-electron chi connectivity index (χ1n) is 7.22. The second-order valence-corrected chi connectivity index (χ2v) is 6.01. The van der Waals surface area contributed by atoms with Crippen LogP contribution < -0.4 is 11.4 Å². The van der Waals surface area contributed by atoms with Crippen LogP contribution in [-0.4, -0.2) is 21.3 Å². The minimum atomic E-state index is -0.154. The Bertz CT molecular complexity index is 665. The van der Waals surface area contributed by atoms with E-state index in [1.807, 2.05) is 6.07 Å². The number of nitrogens with zero attached hydrogens (tertiary/aromatic N) is 1. The summed E-state index contributed by atoms with van der Waals surface area (Å²) in [7, 11) is 0. The van der Waals surface area contributed by atoms with Crippen LogP contribution in [0.3, 0.4) is 0 Å². The Labute approximate surface area is 117 Å². The number of aromatic amines is 1. The number of anilines is 1. The number of hydrogen-bond acceptors (Lipinski definition) is 3. The number of imidazole rings is 1. The zero-order chi connectivity index (χ0) is 14.2. The Hall–Kier alpha value is -1.75. The number of nitrogen functional groups attached to an aromatic ring is 1. The van der Waals surface area contributed by atoms with Crippen molar-refractivity contribution in [2.24, 2.45) is 5.41 Å².